The molecule has 3 amide bonds. The van der Waals surface area contributed by atoms with Gasteiger partial charge in [-0.2, -0.15) is 5.10 Å². The number of amides is 3. The van der Waals surface area contributed by atoms with Gasteiger partial charge in [0.2, 0.25) is 5.91 Å². The van der Waals surface area contributed by atoms with Crippen LogP contribution >= 0.6 is 0 Å². The van der Waals surface area contributed by atoms with Crippen LogP contribution in [0, 0.1) is 0 Å². The maximum absolute atomic E-state index is 12.7. The van der Waals surface area contributed by atoms with E-state index in [2.05, 4.69) is 15.5 Å². The minimum absolute atomic E-state index is 0.141. The lowest BCUT2D eigenvalue weighted by Crippen LogP contribution is -2.58. The summed E-state index contributed by atoms with van der Waals surface area (Å²) in [6, 6.07) is -2.99. The number of fused-ring (bicyclic) bond motifs is 1. The number of aromatic nitrogens is 3. The second kappa shape index (κ2) is 7.15. The monoisotopic (exact) mass is 340 g/mol. The first-order chi connectivity index (χ1) is 11.3. The van der Waals surface area contributed by atoms with E-state index in [0.29, 0.717) is 12.8 Å². The van der Waals surface area contributed by atoms with E-state index in [9.17, 15) is 24.3 Å². The van der Waals surface area contributed by atoms with Crippen LogP contribution in [0.1, 0.15) is 32.0 Å². The van der Waals surface area contributed by atoms with Gasteiger partial charge < -0.3 is 21.1 Å². The zero-order valence-corrected chi connectivity index (χ0v) is 13.2. The third-order valence-corrected chi connectivity index (χ3v) is 3.91. The smallest absolute Gasteiger partial charge is 0.343 e. The molecule has 0 aliphatic carbocycles. The Morgan fingerprint density at radius 2 is 2.21 bits per heavy atom. The van der Waals surface area contributed by atoms with E-state index >= 15 is 0 Å². The van der Waals surface area contributed by atoms with E-state index < -0.39 is 35.7 Å². The first-order valence-electron chi connectivity index (χ1n) is 7.58. The Kier molecular flexibility index (Phi) is 5.21. The van der Waals surface area contributed by atoms with Gasteiger partial charge >= 0.3 is 17.7 Å². The number of urea groups is 1. The van der Waals surface area contributed by atoms with Gasteiger partial charge in [-0.3, -0.25) is 9.36 Å². The van der Waals surface area contributed by atoms with Gasteiger partial charge in [-0.1, -0.05) is 19.8 Å². The van der Waals surface area contributed by atoms with Crippen molar-refractivity contribution < 1.29 is 19.5 Å². The van der Waals surface area contributed by atoms with E-state index in [1.165, 1.54) is 4.57 Å². The molecule has 1 aliphatic heterocycles. The summed E-state index contributed by atoms with van der Waals surface area (Å²) >= 11 is 0. The molecule has 0 spiro atoms. The second-order valence-electron chi connectivity index (χ2n) is 5.58. The average Bonchev–Trinajstić information content (AvgIpc) is 2.89. The summed E-state index contributed by atoms with van der Waals surface area (Å²) in [7, 11) is 0. The zero-order chi connectivity index (χ0) is 17.9. The standard InChI is InChI=1S/C13H20N6O5/c1-2-3-4-7(15-12(14)23)10(20)18-6-9-16-17-13(24)19(9)5-8(18)11(21)22/h7-8H,2-6H2,1H3,(H,17,24)(H,21,22)(H3,14,15,23). The number of carboxylic acids is 1. The van der Waals surface area contributed by atoms with Crippen molar-refractivity contribution in [2.75, 3.05) is 0 Å². The van der Waals surface area contributed by atoms with Crippen LogP contribution in [0.5, 0.6) is 0 Å². The molecule has 11 nitrogen and oxygen atoms in total. The van der Waals surface area contributed by atoms with Crippen LogP contribution < -0.4 is 16.7 Å². The number of nitrogens with zero attached hydrogens (tertiary/aromatic N) is 3. The number of aliphatic carboxylic acids is 1. The Morgan fingerprint density at radius 3 is 2.79 bits per heavy atom. The van der Waals surface area contributed by atoms with Crippen LogP contribution in [0.3, 0.4) is 0 Å². The number of hydrogen-bond donors (Lipinski definition) is 4. The van der Waals surface area contributed by atoms with Crippen LogP contribution in [0.15, 0.2) is 4.79 Å². The van der Waals surface area contributed by atoms with E-state index in [-0.39, 0.29) is 18.9 Å². The number of hydrogen-bond acceptors (Lipinski definition) is 5. The molecule has 2 rings (SSSR count). The van der Waals surface area contributed by atoms with E-state index in [1.807, 2.05) is 6.92 Å². The lowest BCUT2D eigenvalue weighted by Gasteiger charge is -2.35. The minimum atomic E-state index is -1.24. The topological polar surface area (TPSA) is 163 Å². The number of unbranched alkanes of at least 4 members (excludes halogenated alkanes) is 1. The molecule has 1 aromatic rings. The molecule has 132 valence electrons. The number of nitrogens with one attached hydrogen (secondary N) is 2. The van der Waals surface area contributed by atoms with Crippen molar-refractivity contribution in [3.8, 4) is 0 Å². The Hall–Kier alpha value is -2.85. The van der Waals surface area contributed by atoms with E-state index in [1.54, 1.807) is 0 Å². The van der Waals surface area contributed by atoms with Crippen molar-refractivity contribution in [1.29, 1.82) is 0 Å². The number of nitrogens with two attached hydrogens (primary N) is 1. The third-order valence-electron chi connectivity index (χ3n) is 3.91. The molecule has 1 aromatic heterocycles. The fourth-order valence-corrected chi connectivity index (χ4v) is 2.67. The first kappa shape index (κ1) is 17.5. The lowest BCUT2D eigenvalue weighted by molar-refractivity contribution is -0.153. The SMILES string of the molecule is CCCCC(NC(N)=O)C(=O)N1Cc2n[nH]c(=O)n2CC1C(=O)O. The van der Waals surface area contributed by atoms with Gasteiger partial charge in [0.05, 0.1) is 13.1 Å². The maximum atomic E-state index is 12.7. The Bertz CT molecular complexity index is 695. The number of carbonyl (C=O) groups excluding carboxylic acids is 2. The Balaban J connectivity index is 2.28. The maximum Gasteiger partial charge on any atom is 0.343 e. The highest BCUT2D eigenvalue weighted by Crippen LogP contribution is 2.17. The van der Waals surface area contributed by atoms with Crippen molar-refractivity contribution >= 4 is 17.9 Å². The van der Waals surface area contributed by atoms with Gasteiger partial charge in [0.25, 0.3) is 0 Å². The fraction of sp³-hybridized carbons (Fsp3) is 0.615. The van der Waals surface area contributed by atoms with Gasteiger partial charge in [0.15, 0.2) is 5.82 Å². The predicted octanol–water partition coefficient (Wildman–Crippen LogP) is -1.41. The quantitative estimate of drug-likeness (QED) is 0.497. The number of primary amides is 1. The minimum Gasteiger partial charge on any atom is -0.480 e. The normalized spacial score (nSPS) is 17.9. The van der Waals surface area contributed by atoms with Crippen LogP contribution in [-0.2, 0) is 22.7 Å². The van der Waals surface area contributed by atoms with Crippen LogP contribution in [0.25, 0.3) is 0 Å². The van der Waals surface area contributed by atoms with Crippen LogP contribution in [0.2, 0.25) is 0 Å². The molecule has 0 saturated heterocycles. The summed E-state index contributed by atoms with van der Waals surface area (Å²) in [5.74, 6) is -1.54. The van der Waals surface area contributed by atoms with Gasteiger partial charge in [0.1, 0.15) is 12.1 Å². The summed E-state index contributed by atoms with van der Waals surface area (Å²) in [5, 5.41) is 17.8. The summed E-state index contributed by atoms with van der Waals surface area (Å²) in [6.45, 7) is 1.58. The van der Waals surface area contributed by atoms with E-state index in [0.717, 1.165) is 11.3 Å². The van der Waals surface area contributed by atoms with Crippen molar-refractivity contribution in [2.45, 2.75) is 51.4 Å². The summed E-state index contributed by atoms with van der Waals surface area (Å²) in [4.78, 5) is 48.1. The fourth-order valence-electron chi connectivity index (χ4n) is 2.67. The highest BCUT2D eigenvalue weighted by atomic mass is 16.4. The molecule has 11 heteroatoms. The molecule has 0 aromatic carbocycles. The molecule has 1 aliphatic rings. The number of aromatic amines is 1. The molecule has 0 saturated carbocycles. The average molecular weight is 340 g/mol. The first-order valence-corrected chi connectivity index (χ1v) is 7.58. The lowest BCUT2D eigenvalue weighted by atomic mass is 10.1. The number of H-pyrrole nitrogens is 1. The highest BCUT2D eigenvalue weighted by molar-refractivity contribution is 5.90. The van der Waals surface area contributed by atoms with E-state index in [4.69, 9.17) is 5.73 Å². The van der Waals surface area contributed by atoms with Crippen molar-refractivity contribution in [1.82, 2.24) is 25.0 Å². The number of carbonyl (C=O) groups is 3. The van der Waals surface area contributed by atoms with Crippen LogP contribution in [0.4, 0.5) is 4.79 Å². The Morgan fingerprint density at radius 1 is 1.50 bits per heavy atom. The van der Waals surface area contributed by atoms with Crippen LogP contribution in [-0.4, -0.2) is 54.8 Å². The van der Waals surface area contributed by atoms with Crippen molar-refractivity contribution in [2.24, 2.45) is 5.73 Å². The molecule has 2 heterocycles. The molecule has 0 bridgehead atoms. The van der Waals surface area contributed by atoms with Gasteiger partial charge in [-0.05, 0) is 6.42 Å². The third kappa shape index (κ3) is 3.55. The van der Waals surface area contributed by atoms with Crippen molar-refractivity contribution in [3.05, 3.63) is 16.3 Å². The summed E-state index contributed by atoms with van der Waals surface area (Å²) < 4.78 is 1.19. The molecule has 2 atom stereocenters. The molecule has 2 unspecified atom stereocenters. The molecular weight excluding hydrogens is 320 g/mol. The van der Waals surface area contributed by atoms with Gasteiger partial charge in [-0.15, -0.1) is 0 Å². The van der Waals surface area contributed by atoms with Crippen molar-refractivity contribution in [3.63, 3.8) is 0 Å². The second-order valence-corrected chi connectivity index (χ2v) is 5.58. The summed E-state index contributed by atoms with van der Waals surface area (Å²) in [6.07, 6.45) is 1.80. The Labute approximate surface area is 136 Å². The molecule has 5 N–H and O–H groups in total. The largest absolute Gasteiger partial charge is 0.480 e. The molecule has 24 heavy (non-hydrogen) atoms. The van der Waals surface area contributed by atoms with Gasteiger partial charge in [-0.25, -0.2) is 19.5 Å². The zero-order valence-electron chi connectivity index (χ0n) is 13.2. The number of rotatable bonds is 6. The predicted molar refractivity (Wildman–Crippen MR) is 80.9 cm³/mol. The molecule has 0 radical (unpaired) electrons. The summed E-state index contributed by atoms with van der Waals surface area (Å²) in [5.41, 5.74) is 4.58. The number of carboxylic acid groups (broad SMARTS) is 1. The molecule has 0 fully saturated rings. The highest BCUT2D eigenvalue weighted by Gasteiger charge is 2.39. The molecular formula is C13H20N6O5. The van der Waals surface area contributed by atoms with Gasteiger partial charge in [0, 0.05) is 0 Å².